The first-order valence-corrected chi connectivity index (χ1v) is 11.8. The molecule has 4 aromatic rings. The second-order valence-electron chi connectivity index (χ2n) is 8.22. The zero-order chi connectivity index (χ0) is 23.2. The van der Waals surface area contributed by atoms with Crippen LogP contribution in [0.15, 0.2) is 88.5 Å². The molecule has 33 heavy (non-hydrogen) atoms. The molecule has 0 spiro atoms. The highest BCUT2D eigenvalue weighted by Crippen LogP contribution is 2.20. The molecule has 0 atom stereocenters. The maximum atomic E-state index is 13.5. The molecular formula is C27H28ClN3O2. The molecule has 0 bridgehead atoms. The van der Waals surface area contributed by atoms with Gasteiger partial charge in [0.15, 0.2) is 0 Å². The normalized spacial score (nSPS) is 11.1. The first-order valence-electron chi connectivity index (χ1n) is 11.4. The minimum Gasteiger partial charge on any atom is -0.246 e. The fraction of sp³-hybridized carbons (Fsp3) is 0.259. The number of unbranched alkanes of at least 4 members (excludes halogenated alkanes) is 2. The van der Waals surface area contributed by atoms with Gasteiger partial charge < -0.3 is 0 Å². The molecule has 0 radical (unpaired) electrons. The number of hydrogen-bond donors (Lipinski definition) is 0. The van der Waals surface area contributed by atoms with E-state index in [0.29, 0.717) is 17.3 Å². The third-order valence-electron chi connectivity index (χ3n) is 5.79. The van der Waals surface area contributed by atoms with E-state index in [9.17, 15) is 9.59 Å². The second-order valence-corrected chi connectivity index (χ2v) is 8.63. The van der Waals surface area contributed by atoms with E-state index in [1.807, 2.05) is 78.9 Å². The lowest BCUT2D eigenvalue weighted by Crippen LogP contribution is -2.29. The molecule has 4 rings (SSSR count). The number of nitrogens with zero attached hydrogens (tertiary/aromatic N) is 3. The van der Waals surface area contributed by atoms with Crippen LogP contribution in [0.25, 0.3) is 5.69 Å². The Morgan fingerprint density at radius 1 is 0.758 bits per heavy atom. The Balaban J connectivity index is 1.76. The molecule has 1 aromatic heterocycles. The summed E-state index contributed by atoms with van der Waals surface area (Å²) in [6.07, 6.45) is 4.38. The van der Waals surface area contributed by atoms with E-state index in [1.165, 1.54) is 25.9 Å². The minimum atomic E-state index is -0.380. The highest BCUT2D eigenvalue weighted by molar-refractivity contribution is 6.31. The van der Waals surface area contributed by atoms with E-state index in [2.05, 4.69) is 6.92 Å². The molecule has 0 saturated carbocycles. The number of aryl methyl sites for hydroxylation is 1. The Labute approximate surface area is 198 Å². The van der Waals surface area contributed by atoms with Crippen molar-refractivity contribution in [1.29, 1.82) is 0 Å². The molecule has 0 aliphatic carbocycles. The van der Waals surface area contributed by atoms with Gasteiger partial charge in [-0.25, -0.2) is 18.8 Å². The van der Waals surface area contributed by atoms with Gasteiger partial charge in [0, 0.05) is 5.02 Å². The number of aromatic nitrogens is 3. The monoisotopic (exact) mass is 461 g/mol. The summed E-state index contributed by atoms with van der Waals surface area (Å²) in [5.41, 5.74) is 2.80. The Morgan fingerprint density at radius 3 is 2.15 bits per heavy atom. The molecule has 0 saturated heterocycles. The van der Waals surface area contributed by atoms with E-state index in [0.717, 1.165) is 30.4 Å². The van der Waals surface area contributed by atoms with Crippen molar-refractivity contribution in [2.45, 2.75) is 45.7 Å². The summed E-state index contributed by atoms with van der Waals surface area (Å²) in [6, 6.07) is 24.8. The van der Waals surface area contributed by atoms with Gasteiger partial charge in [-0.2, -0.15) is 4.68 Å². The molecule has 0 fully saturated rings. The molecule has 0 aliphatic rings. The largest absolute Gasteiger partial charge is 0.352 e. The van der Waals surface area contributed by atoms with E-state index in [-0.39, 0.29) is 17.9 Å². The van der Waals surface area contributed by atoms with Crippen molar-refractivity contribution >= 4 is 11.6 Å². The molecule has 6 heteroatoms. The van der Waals surface area contributed by atoms with Crippen molar-refractivity contribution in [3.8, 4) is 5.69 Å². The zero-order valence-electron chi connectivity index (χ0n) is 18.8. The first kappa shape index (κ1) is 22.9. The van der Waals surface area contributed by atoms with E-state index >= 15 is 0 Å². The van der Waals surface area contributed by atoms with Crippen LogP contribution in [0.3, 0.4) is 0 Å². The van der Waals surface area contributed by atoms with Gasteiger partial charge in [-0.15, -0.1) is 0 Å². The fourth-order valence-corrected chi connectivity index (χ4v) is 4.20. The van der Waals surface area contributed by atoms with Crippen molar-refractivity contribution < 1.29 is 0 Å². The van der Waals surface area contributed by atoms with E-state index in [4.69, 9.17) is 11.6 Å². The standard InChI is InChI=1S/C27H28ClN3O2/c1-2-3-6-11-21-16-17-25(28)23(18-21)20-29-26(32)30(19-22-12-7-4-8-13-22)31(27(29)33)24-14-9-5-10-15-24/h4-5,7-10,12-18H,2-3,6,11,19-20H2,1H3. The Bertz CT molecular complexity index is 1320. The topological polar surface area (TPSA) is 48.9 Å². The highest BCUT2D eigenvalue weighted by Gasteiger charge is 2.18. The zero-order valence-corrected chi connectivity index (χ0v) is 19.5. The molecule has 0 N–H and O–H groups in total. The van der Waals surface area contributed by atoms with Crippen molar-refractivity contribution in [1.82, 2.24) is 13.9 Å². The maximum Gasteiger partial charge on any atom is 0.352 e. The van der Waals surface area contributed by atoms with Crippen LogP contribution in [-0.4, -0.2) is 13.9 Å². The highest BCUT2D eigenvalue weighted by atomic mass is 35.5. The van der Waals surface area contributed by atoms with Crippen molar-refractivity contribution in [3.63, 3.8) is 0 Å². The van der Waals surface area contributed by atoms with Crippen LogP contribution in [0.4, 0.5) is 0 Å². The predicted molar refractivity (Wildman–Crippen MR) is 134 cm³/mol. The lowest BCUT2D eigenvalue weighted by molar-refractivity contribution is 0.574. The van der Waals surface area contributed by atoms with Crippen LogP contribution in [0.2, 0.25) is 5.02 Å². The molecule has 3 aromatic carbocycles. The van der Waals surface area contributed by atoms with Crippen molar-refractivity contribution in [2.75, 3.05) is 0 Å². The van der Waals surface area contributed by atoms with Gasteiger partial charge in [0.25, 0.3) is 0 Å². The Morgan fingerprint density at radius 2 is 1.45 bits per heavy atom. The van der Waals surface area contributed by atoms with Gasteiger partial charge in [0.2, 0.25) is 0 Å². The molecule has 1 heterocycles. The summed E-state index contributed by atoms with van der Waals surface area (Å²) in [4.78, 5) is 26.9. The van der Waals surface area contributed by atoms with E-state index < -0.39 is 0 Å². The number of para-hydroxylation sites is 1. The SMILES string of the molecule is CCCCCc1ccc(Cl)c(Cn2c(=O)n(Cc3ccccc3)n(-c3ccccc3)c2=O)c1. The van der Waals surface area contributed by atoms with Crippen LogP contribution in [0.1, 0.15) is 42.9 Å². The summed E-state index contributed by atoms with van der Waals surface area (Å²) >= 11 is 6.47. The number of benzene rings is 3. The fourth-order valence-electron chi connectivity index (χ4n) is 4.03. The molecule has 0 amide bonds. The Kier molecular flexibility index (Phi) is 7.30. The van der Waals surface area contributed by atoms with Crippen LogP contribution >= 0.6 is 11.6 Å². The third kappa shape index (κ3) is 5.20. The molecular weight excluding hydrogens is 434 g/mol. The summed E-state index contributed by atoms with van der Waals surface area (Å²) in [5, 5.41) is 0.558. The van der Waals surface area contributed by atoms with Crippen LogP contribution < -0.4 is 11.4 Å². The quantitative estimate of drug-likeness (QED) is 0.318. The molecule has 0 aliphatic heterocycles. The number of hydrogen-bond acceptors (Lipinski definition) is 2. The van der Waals surface area contributed by atoms with Crippen molar-refractivity contribution in [3.05, 3.63) is 122 Å². The first-order chi connectivity index (χ1) is 16.1. The summed E-state index contributed by atoms with van der Waals surface area (Å²) in [5.74, 6) is 0. The number of rotatable bonds is 9. The van der Waals surface area contributed by atoms with Crippen LogP contribution in [0.5, 0.6) is 0 Å². The van der Waals surface area contributed by atoms with Gasteiger partial charge in [-0.3, -0.25) is 0 Å². The van der Waals surface area contributed by atoms with Gasteiger partial charge in [-0.05, 0) is 47.7 Å². The Hall–Kier alpha value is -3.31. The van der Waals surface area contributed by atoms with Crippen LogP contribution in [0, 0.1) is 0 Å². The predicted octanol–water partition coefficient (Wildman–Crippen LogP) is 5.28. The lowest BCUT2D eigenvalue weighted by atomic mass is 10.0. The van der Waals surface area contributed by atoms with Crippen LogP contribution in [-0.2, 0) is 19.5 Å². The lowest BCUT2D eigenvalue weighted by Gasteiger charge is -2.09. The van der Waals surface area contributed by atoms with E-state index in [1.54, 1.807) is 0 Å². The summed E-state index contributed by atoms with van der Waals surface area (Å²) in [6.45, 7) is 2.60. The molecule has 170 valence electrons. The minimum absolute atomic E-state index is 0.132. The van der Waals surface area contributed by atoms with Crippen molar-refractivity contribution in [2.24, 2.45) is 0 Å². The molecule has 5 nitrogen and oxygen atoms in total. The number of halogens is 1. The average molecular weight is 462 g/mol. The maximum absolute atomic E-state index is 13.5. The summed E-state index contributed by atoms with van der Waals surface area (Å²) in [7, 11) is 0. The third-order valence-corrected chi connectivity index (χ3v) is 6.16. The smallest absolute Gasteiger partial charge is 0.246 e. The van der Waals surface area contributed by atoms with Gasteiger partial charge in [-0.1, -0.05) is 92.0 Å². The second kappa shape index (κ2) is 10.5. The van der Waals surface area contributed by atoms with Gasteiger partial charge in [0.05, 0.1) is 18.8 Å². The van der Waals surface area contributed by atoms with Gasteiger partial charge in [0.1, 0.15) is 0 Å². The summed E-state index contributed by atoms with van der Waals surface area (Å²) < 4.78 is 4.22. The van der Waals surface area contributed by atoms with Gasteiger partial charge >= 0.3 is 11.4 Å². The molecule has 0 unspecified atom stereocenters. The average Bonchev–Trinajstić information content (AvgIpc) is 3.06.